The van der Waals surface area contributed by atoms with Gasteiger partial charge < -0.3 is 14.8 Å². The zero-order chi connectivity index (χ0) is 19.2. The number of benzene rings is 2. The molecular formula is C18H17ClN4O3S. The van der Waals surface area contributed by atoms with Gasteiger partial charge in [0.15, 0.2) is 16.7 Å². The smallest absolute Gasteiger partial charge is 0.234 e. The fraction of sp³-hybridized carbons (Fsp3) is 0.167. The van der Waals surface area contributed by atoms with E-state index in [1.165, 1.54) is 11.8 Å². The van der Waals surface area contributed by atoms with Crippen LogP contribution in [-0.2, 0) is 4.79 Å². The lowest BCUT2D eigenvalue weighted by atomic mass is 10.2. The largest absolute Gasteiger partial charge is 0.493 e. The predicted molar refractivity (Wildman–Crippen MR) is 105 cm³/mol. The molecule has 0 spiro atoms. The van der Waals surface area contributed by atoms with Crippen LogP contribution in [0, 0.1) is 0 Å². The number of amides is 1. The number of carbonyl (C=O) groups excluding carboxylic acids is 1. The Hall–Kier alpha value is -2.71. The van der Waals surface area contributed by atoms with Gasteiger partial charge in [-0.1, -0.05) is 29.4 Å². The van der Waals surface area contributed by atoms with Gasteiger partial charge in [0.1, 0.15) is 6.33 Å². The number of thioether (sulfide) groups is 1. The Bertz CT molecular complexity index is 948. The minimum atomic E-state index is -0.173. The fourth-order valence-corrected chi connectivity index (χ4v) is 3.28. The van der Waals surface area contributed by atoms with E-state index in [9.17, 15) is 4.79 Å². The molecule has 0 fully saturated rings. The van der Waals surface area contributed by atoms with Crippen molar-refractivity contribution in [3.05, 3.63) is 53.8 Å². The first-order valence-electron chi connectivity index (χ1n) is 7.91. The second-order valence-corrected chi connectivity index (χ2v) is 6.75. The van der Waals surface area contributed by atoms with Crippen LogP contribution in [0.15, 0.2) is 53.9 Å². The molecule has 0 aliphatic carbocycles. The van der Waals surface area contributed by atoms with Crippen molar-refractivity contribution in [2.75, 3.05) is 25.3 Å². The number of carbonyl (C=O) groups is 1. The molecule has 1 aromatic heterocycles. The summed E-state index contributed by atoms with van der Waals surface area (Å²) in [6.07, 6.45) is 1.58. The van der Waals surface area contributed by atoms with E-state index < -0.39 is 0 Å². The summed E-state index contributed by atoms with van der Waals surface area (Å²) >= 11 is 7.31. The summed E-state index contributed by atoms with van der Waals surface area (Å²) in [5, 5.41) is 12.0. The maximum atomic E-state index is 12.3. The first-order chi connectivity index (χ1) is 13.1. The second-order valence-electron chi connectivity index (χ2n) is 5.37. The second kappa shape index (κ2) is 8.79. The lowest BCUT2D eigenvalue weighted by Gasteiger charge is -2.10. The van der Waals surface area contributed by atoms with Crippen LogP contribution >= 0.6 is 23.4 Å². The van der Waals surface area contributed by atoms with Crippen molar-refractivity contribution in [1.29, 1.82) is 0 Å². The molecule has 1 N–H and O–H groups in total. The van der Waals surface area contributed by atoms with Gasteiger partial charge in [-0.25, -0.2) is 0 Å². The molecular weight excluding hydrogens is 388 g/mol. The van der Waals surface area contributed by atoms with E-state index in [1.807, 2.05) is 12.1 Å². The van der Waals surface area contributed by atoms with Gasteiger partial charge in [0.2, 0.25) is 5.91 Å². The highest BCUT2D eigenvalue weighted by Crippen LogP contribution is 2.30. The zero-order valence-corrected chi connectivity index (χ0v) is 16.3. The molecule has 0 bridgehead atoms. The first-order valence-corrected chi connectivity index (χ1v) is 9.27. The molecule has 1 amide bonds. The van der Waals surface area contributed by atoms with Gasteiger partial charge in [0, 0.05) is 16.8 Å². The third kappa shape index (κ3) is 4.72. The Morgan fingerprint density at radius 1 is 1.19 bits per heavy atom. The Kier molecular flexibility index (Phi) is 6.20. The number of anilines is 1. The molecule has 140 valence electrons. The van der Waals surface area contributed by atoms with Gasteiger partial charge in [-0.15, -0.1) is 10.2 Å². The van der Waals surface area contributed by atoms with Crippen molar-refractivity contribution in [2.24, 2.45) is 0 Å². The number of hydrogen-bond acceptors (Lipinski definition) is 6. The van der Waals surface area contributed by atoms with Gasteiger partial charge in [-0.05, 0) is 30.3 Å². The lowest BCUT2D eigenvalue weighted by Crippen LogP contribution is -2.14. The van der Waals surface area contributed by atoms with Crippen molar-refractivity contribution in [2.45, 2.75) is 5.16 Å². The molecule has 27 heavy (non-hydrogen) atoms. The maximum Gasteiger partial charge on any atom is 0.234 e. The molecule has 1 heterocycles. The zero-order valence-electron chi connectivity index (χ0n) is 14.7. The summed E-state index contributed by atoms with van der Waals surface area (Å²) in [6.45, 7) is 0. The Morgan fingerprint density at radius 2 is 2.00 bits per heavy atom. The first kappa shape index (κ1) is 19.1. The minimum absolute atomic E-state index is 0.173. The normalized spacial score (nSPS) is 10.5. The summed E-state index contributed by atoms with van der Waals surface area (Å²) in [7, 11) is 3.10. The van der Waals surface area contributed by atoms with Crippen molar-refractivity contribution in [1.82, 2.24) is 14.8 Å². The molecule has 0 atom stereocenters. The van der Waals surface area contributed by atoms with Crippen LogP contribution in [0.1, 0.15) is 0 Å². The summed E-state index contributed by atoms with van der Waals surface area (Å²) in [5.74, 6) is 1.14. The van der Waals surface area contributed by atoms with Crippen molar-refractivity contribution in [3.63, 3.8) is 0 Å². The Morgan fingerprint density at radius 3 is 2.74 bits per heavy atom. The van der Waals surface area contributed by atoms with Crippen molar-refractivity contribution in [3.8, 4) is 17.2 Å². The van der Waals surface area contributed by atoms with E-state index in [0.717, 1.165) is 5.69 Å². The van der Waals surface area contributed by atoms with Gasteiger partial charge >= 0.3 is 0 Å². The van der Waals surface area contributed by atoms with Gasteiger partial charge in [0.25, 0.3) is 0 Å². The molecule has 9 heteroatoms. The Labute approximate surface area is 165 Å². The molecule has 2 aromatic carbocycles. The van der Waals surface area contributed by atoms with Gasteiger partial charge in [-0.3, -0.25) is 9.36 Å². The number of nitrogens with zero attached hydrogens (tertiary/aromatic N) is 3. The van der Waals surface area contributed by atoms with Gasteiger partial charge in [-0.2, -0.15) is 0 Å². The van der Waals surface area contributed by atoms with Crippen LogP contribution in [0.3, 0.4) is 0 Å². The topological polar surface area (TPSA) is 78.3 Å². The van der Waals surface area contributed by atoms with Crippen molar-refractivity contribution < 1.29 is 14.3 Å². The van der Waals surface area contributed by atoms with Crippen LogP contribution in [-0.4, -0.2) is 40.6 Å². The molecule has 0 unspecified atom stereocenters. The van der Waals surface area contributed by atoms with E-state index in [4.69, 9.17) is 21.1 Å². The predicted octanol–water partition coefficient (Wildman–Crippen LogP) is 3.67. The van der Waals surface area contributed by atoms with E-state index in [1.54, 1.807) is 55.4 Å². The average molecular weight is 405 g/mol. The quantitative estimate of drug-likeness (QED) is 0.605. The fourth-order valence-electron chi connectivity index (χ4n) is 2.37. The molecule has 3 rings (SSSR count). The summed E-state index contributed by atoms with van der Waals surface area (Å²) in [4.78, 5) is 12.3. The lowest BCUT2D eigenvalue weighted by molar-refractivity contribution is -0.113. The number of rotatable bonds is 7. The standard InChI is InChI=1S/C18H17ClN4O3S/c1-25-15-7-6-13(9-16(15)26-2)21-17(24)10-27-18-22-20-11-23(18)14-5-3-4-12(19)8-14/h3-9,11H,10H2,1-2H3,(H,21,24). The van der Waals surface area contributed by atoms with E-state index in [2.05, 4.69) is 15.5 Å². The molecule has 7 nitrogen and oxygen atoms in total. The average Bonchev–Trinajstić information content (AvgIpc) is 3.15. The number of hydrogen-bond donors (Lipinski definition) is 1. The SMILES string of the molecule is COc1ccc(NC(=O)CSc2nncn2-c2cccc(Cl)c2)cc1OC. The molecule has 0 aliphatic rings. The van der Waals surface area contributed by atoms with Crippen LogP contribution in [0.25, 0.3) is 5.69 Å². The highest BCUT2D eigenvalue weighted by atomic mass is 35.5. The molecule has 0 radical (unpaired) electrons. The number of aromatic nitrogens is 3. The van der Waals surface area contributed by atoms with E-state index in [0.29, 0.717) is 27.4 Å². The maximum absolute atomic E-state index is 12.3. The van der Waals surface area contributed by atoms with Crippen LogP contribution in [0.4, 0.5) is 5.69 Å². The van der Waals surface area contributed by atoms with E-state index in [-0.39, 0.29) is 11.7 Å². The molecule has 0 saturated heterocycles. The third-order valence-corrected chi connectivity index (χ3v) is 4.78. The van der Waals surface area contributed by atoms with Crippen LogP contribution in [0.2, 0.25) is 5.02 Å². The highest BCUT2D eigenvalue weighted by Gasteiger charge is 2.12. The third-order valence-electron chi connectivity index (χ3n) is 3.60. The minimum Gasteiger partial charge on any atom is -0.493 e. The number of nitrogens with one attached hydrogen (secondary N) is 1. The van der Waals surface area contributed by atoms with Gasteiger partial charge in [0.05, 0.1) is 25.7 Å². The number of halogens is 1. The molecule has 3 aromatic rings. The van der Waals surface area contributed by atoms with Crippen LogP contribution < -0.4 is 14.8 Å². The van der Waals surface area contributed by atoms with E-state index >= 15 is 0 Å². The number of methoxy groups -OCH3 is 2. The van der Waals surface area contributed by atoms with Crippen LogP contribution in [0.5, 0.6) is 11.5 Å². The summed E-state index contributed by atoms with van der Waals surface area (Å²) in [5.41, 5.74) is 1.45. The molecule has 0 saturated carbocycles. The number of ether oxygens (including phenoxy) is 2. The Balaban J connectivity index is 1.64. The summed E-state index contributed by atoms with van der Waals surface area (Å²) in [6, 6.07) is 12.5. The molecule has 0 aliphatic heterocycles. The monoisotopic (exact) mass is 404 g/mol. The summed E-state index contributed by atoms with van der Waals surface area (Å²) < 4.78 is 12.2. The highest BCUT2D eigenvalue weighted by molar-refractivity contribution is 7.99. The van der Waals surface area contributed by atoms with Crippen molar-refractivity contribution >= 4 is 35.0 Å².